The number of hydrogen-bond acceptors (Lipinski definition) is 6. The lowest BCUT2D eigenvalue weighted by molar-refractivity contribution is -0.145. The molecule has 54 heavy (non-hydrogen) atoms. The molecule has 2 heterocycles. The second-order valence-electron chi connectivity index (χ2n) is 13.1. The fourth-order valence-corrected chi connectivity index (χ4v) is 7.71. The van der Waals surface area contributed by atoms with Crippen LogP contribution in [0, 0.1) is 11.6 Å². The second kappa shape index (κ2) is 17.0. The summed E-state index contributed by atoms with van der Waals surface area (Å²) in [7, 11) is 0. The molecule has 4 aromatic carbocycles. The van der Waals surface area contributed by atoms with Crippen LogP contribution in [-0.4, -0.2) is 58.5 Å². The Morgan fingerprint density at radius 1 is 0.870 bits per heavy atom. The molecule has 282 valence electrons. The third-order valence-corrected chi connectivity index (χ3v) is 10.6. The molecule has 0 atom stereocenters. The molecule has 13 heteroatoms. The van der Waals surface area contributed by atoms with Crippen molar-refractivity contribution in [1.82, 2.24) is 14.4 Å². The number of alkyl halides is 3. The third kappa shape index (κ3) is 9.19. The van der Waals surface area contributed by atoms with Crippen molar-refractivity contribution in [1.29, 1.82) is 0 Å². The van der Waals surface area contributed by atoms with Gasteiger partial charge in [-0.3, -0.25) is 19.3 Å². The van der Waals surface area contributed by atoms with E-state index in [0.717, 1.165) is 35.5 Å². The van der Waals surface area contributed by atoms with Gasteiger partial charge in [0.25, 0.3) is 0 Å². The van der Waals surface area contributed by atoms with Crippen molar-refractivity contribution in [3.63, 3.8) is 0 Å². The van der Waals surface area contributed by atoms with Gasteiger partial charge >= 0.3 is 12.1 Å². The molecule has 0 unspecified atom stereocenters. The number of piperidine rings is 1. The van der Waals surface area contributed by atoms with Gasteiger partial charge in [-0.1, -0.05) is 60.7 Å². The predicted octanol–water partition coefficient (Wildman–Crippen LogP) is 8.31. The van der Waals surface area contributed by atoms with E-state index in [2.05, 4.69) is 0 Å². The number of hydrogen-bond donors (Lipinski definition) is 0. The van der Waals surface area contributed by atoms with E-state index in [-0.39, 0.29) is 60.9 Å². The fourth-order valence-electron chi connectivity index (χ4n) is 6.67. The number of aromatic nitrogens is 1. The van der Waals surface area contributed by atoms with Gasteiger partial charge in [0.2, 0.25) is 5.91 Å². The zero-order chi connectivity index (χ0) is 38.4. The maximum absolute atomic E-state index is 14.6. The Kier molecular flexibility index (Phi) is 12.2. The molecular weight excluding hydrogens is 726 g/mol. The molecule has 0 radical (unpaired) electrons. The number of para-hydroxylation sites is 1. The van der Waals surface area contributed by atoms with Crippen molar-refractivity contribution in [2.24, 2.45) is 0 Å². The van der Waals surface area contributed by atoms with Gasteiger partial charge in [-0.2, -0.15) is 13.2 Å². The molecular formula is C41H38F5N3O4S. The standard InChI is InChI=1S/C41H38F5N3O4S/c1-2-53-39(52)25-47-20-18-32(19-21-47)48(23-27-10-12-28(13-11-27)29-14-16-31(17-15-29)41(44,45)46)37(51)24-49-35-9-4-3-7-33(35)36(50)22-38(49)54-26-30-6-5-8-34(42)40(30)43/h3-17,22,32H,2,18-21,23-26H2,1H3. The third-order valence-electron chi connectivity index (χ3n) is 9.51. The number of thioether (sulfide) groups is 1. The summed E-state index contributed by atoms with van der Waals surface area (Å²) in [6, 6.07) is 24.3. The van der Waals surface area contributed by atoms with E-state index in [4.69, 9.17) is 4.74 Å². The van der Waals surface area contributed by atoms with Crippen LogP contribution in [-0.2, 0) is 39.3 Å². The first-order valence-electron chi connectivity index (χ1n) is 17.5. The fraction of sp³-hybridized carbons (Fsp3) is 0.293. The Labute approximate surface area is 313 Å². The van der Waals surface area contributed by atoms with E-state index in [1.165, 1.54) is 30.3 Å². The number of nitrogens with zero attached hydrogens (tertiary/aromatic N) is 3. The van der Waals surface area contributed by atoms with E-state index in [1.807, 2.05) is 17.0 Å². The van der Waals surface area contributed by atoms with Crippen LogP contribution in [0.25, 0.3) is 22.0 Å². The van der Waals surface area contributed by atoms with E-state index in [0.29, 0.717) is 53.0 Å². The quantitative estimate of drug-likeness (QED) is 0.0724. The average Bonchev–Trinajstić information content (AvgIpc) is 3.16. The zero-order valence-electron chi connectivity index (χ0n) is 29.5. The highest BCUT2D eigenvalue weighted by molar-refractivity contribution is 7.98. The van der Waals surface area contributed by atoms with Crippen LogP contribution in [0.4, 0.5) is 22.0 Å². The van der Waals surface area contributed by atoms with Crippen molar-refractivity contribution < 1.29 is 36.3 Å². The van der Waals surface area contributed by atoms with Gasteiger partial charge in [0.05, 0.1) is 29.3 Å². The van der Waals surface area contributed by atoms with E-state index in [1.54, 1.807) is 52.8 Å². The van der Waals surface area contributed by atoms with Crippen molar-refractivity contribution in [3.05, 3.63) is 136 Å². The van der Waals surface area contributed by atoms with Gasteiger partial charge in [-0.25, -0.2) is 8.78 Å². The van der Waals surface area contributed by atoms with Crippen LogP contribution in [0.1, 0.15) is 36.5 Å². The lowest BCUT2D eigenvalue weighted by Gasteiger charge is -2.38. The predicted molar refractivity (Wildman–Crippen MR) is 198 cm³/mol. The van der Waals surface area contributed by atoms with Crippen LogP contribution in [0.3, 0.4) is 0 Å². The maximum atomic E-state index is 14.6. The number of benzene rings is 4. The first-order chi connectivity index (χ1) is 25.9. The van der Waals surface area contributed by atoms with E-state index in [9.17, 15) is 36.3 Å². The largest absolute Gasteiger partial charge is 0.465 e. The summed E-state index contributed by atoms with van der Waals surface area (Å²) < 4.78 is 74.8. The van der Waals surface area contributed by atoms with Crippen molar-refractivity contribution in [2.75, 3.05) is 26.2 Å². The highest BCUT2D eigenvalue weighted by Gasteiger charge is 2.31. The van der Waals surface area contributed by atoms with E-state index < -0.39 is 23.4 Å². The number of esters is 1. The molecule has 0 saturated carbocycles. The van der Waals surface area contributed by atoms with Gasteiger partial charge in [-0.05, 0) is 66.8 Å². The minimum Gasteiger partial charge on any atom is -0.465 e. The molecule has 0 N–H and O–H groups in total. The Morgan fingerprint density at radius 3 is 2.20 bits per heavy atom. The molecule has 5 aromatic rings. The molecule has 0 aliphatic carbocycles. The summed E-state index contributed by atoms with van der Waals surface area (Å²) in [6.45, 7) is 3.37. The molecule has 7 nitrogen and oxygen atoms in total. The van der Waals surface area contributed by atoms with Crippen LogP contribution in [0.15, 0.2) is 107 Å². The molecule has 6 rings (SSSR count). The van der Waals surface area contributed by atoms with Gasteiger partial charge in [0.1, 0.15) is 6.54 Å². The summed E-state index contributed by atoms with van der Waals surface area (Å²) in [4.78, 5) is 43.7. The number of likely N-dealkylation sites (tertiary alicyclic amines) is 1. The normalized spacial score (nSPS) is 14.0. The molecule has 0 spiro atoms. The number of carbonyl (C=O) groups excluding carboxylic acids is 2. The zero-order valence-corrected chi connectivity index (χ0v) is 30.3. The number of rotatable bonds is 12. The molecule has 1 aromatic heterocycles. The minimum absolute atomic E-state index is 0.0173. The van der Waals surface area contributed by atoms with Crippen LogP contribution in [0.2, 0.25) is 0 Å². The Bertz CT molecular complexity index is 2170. The lowest BCUT2D eigenvalue weighted by Crippen LogP contribution is -2.49. The molecule has 1 fully saturated rings. The average molecular weight is 764 g/mol. The number of ether oxygens (including phenoxy) is 1. The van der Waals surface area contributed by atoms with Gasteiger partial charge in [-0.15, -0.1) is 11.8 Å². The summed E-state index contributed by atoms with van der Waals surface area (Å²) in [5.41, 5.74) is 1.77. The SMILES string of the molecule is CCOC(=O)CN1CCC(N(Cc2ccc(-c3ccc(C(F)(F)F)cc3)cc2)C(=O)Cn2c(SCc3cccc(F)c3F)cc(=O)c3ccccc32)CC1. The van der Waals surface area contributed by atoms with Crippen LogP contribution in [0.5, 0.6) is 0 Å². The number of amides is 1. The highest BCUT2D eigenvalue weighted by Crippen LogP contribution is 2.32. The molecule has 1 saturated heterocycles. The van der Waals surface area contributed by atoms with Crippen molar-refractivity contribution in [2.45, 2.75) is 55.9 Å². The van der Waals surface area contributed by atoms with Crippen molar-refractivity contribution in [3.8, 4) is 11.1 Å². The molecule has 1 aliphatic heterocycles. The number of pyridine rings is 1. The summed E-state index contributed by atoms with van der Waals surface area (Å²) in [5.74, 6) is -2.48. The van der Waals surface area contributed by atoms with Crippen LogP contribution < -0.4 is 5.43 Å². The van der Waals surface area contributed by atoms with Crippen molar-refractivity contribution >= 4 is 34.5 Å². The maximum Gasteiger partial charge on any atom is 0.416 e. The van der Waals surface area contributed by atoms with Gasteiger partial charge < -0.3 is 14.2 Å². The summed E-state index contributed by atoms with van der Waals surface area (Å²) >= 11 is 1.13. The number of fused-ring (bicyclic) bond motifs is 1. The lowest BCUT2D eigenvalue weighted by atomic mass is 10.00. The Hall–Kier alpha value is -5.01. The first-order valence-corrected chi connectivity index (χ1v) is 18.5. The van der Waals surface area contributed by atoms with E-state index >= 15 is 0 Å². The van der Waals surface area contributed by atoms with Crippen LogP contribution >= 0.6 is 11.8 Å². The molecule has 1 amide bonds. The molecule has 1 aliphatic rings. The second-order valence-corrected chi connectivity index (χ2v) is 14.1. The summed E-state index contributed by atoms with van der Waals surface area (Å²) in [6.07, 6.45) is -3.27. The van der Waals surface area contributed by atoms with Gasteiger partial charge in [0, 0.05) is 48.4 Å². The summed E-state index contributed by atoms with van der Waals surface area (Å²) in [5, 5.41) is 0.824. The topological polar surface area (TPSA) is 71.8 Å². The highest BCUT2D eigenvalue weighted by atomic mass is 32.2. The smallest absolute Gasteiger partial charge is 0.416 e. The minimum atomic E-state index is -4.44. The Morgan fingerprint density at radius 2 is 1.54 bits per heavy atom. The Balaban J connectivity index is 1.28. The van der Waals surface area contributed by atoms with Gasteiger partial charge in [0.15, 0.2) is 17.1 Å². The monoisotopic (exact) mass is 763 g/mol. The number of carbonyl (C=O) groups is 2. The first kappa shape index (κ1) is 38.7. The number of halogens is 5. The molecule has 0 bridgehead atoms.